The van der Waals surface area contributed by atoms with E-state index >= 15 is 0 Å². The van der Waals surface area contributed by atoms with Crippen LogP contribution in [0, 0.1) is 6.92 Å². The van der Waals surface area contributed by atoms with Gasteiger partial charge in [0.25, 0.3) is 0 Å². The van der Waals surface area contributed by atoms with Gasteiger partial charge < -0.3 is 4.98 Å². The summed E-state index contributed by atoms with van der Waals surface area (Å²) in [6.07, 6.45) is 5.40. The van der Waals surface area contributed by atoms with Crippen LogP contribution < -0.4 is 0 Å². The van der Waals surface area contributed by atoms with Crippen molar-refractivity contribution in [3.05, 3.63) is 53.7 Å². The SMILES string of the molecule is Cc1ncc(-c2nccn2-c2ccccc2Cl)[nH]1. The van der Waals surface area contributed by atoms with E-state index in [2.05, 4.69) is 15.0 Å². The van der Waals surface area contributed by atoms with Crippen LogP contribution in [0.4, 0.5) is 0 Å². The molecule has 0 saturated carbocycles. The van der Waals surface area contributed by atoms with E-state index < -0.39 is 0 Å². The Labute approximate surface area is 109 Å². The Morgan fingerprint density at radius 3 is 2.78 bits per heavy atom. The van der Waals surface area contributed by atoms with E-state index in [9.17, 15) is 0 Å². The van der Waals surface area contributed by atoms with Gasteiger partial charge in [0.1, 0.15) is 11.5 Å². The van der Waals surface area contributed by atoms with E-state index in [-0.39, 0.29) is 0 Å². The summed E-state index contributed by atoms with van der Waals surface area (Å²) in [7, 11) is 0. The summed E-state index contributed by atoms with van der Waals surface area (Å²) in [4.78, 5) is 11.7. The second-order valence-electron chi connectivity index (χ2n) is 3.95. The number of halogens is 1. The van der Waals surface area contributed by atoms with Crippen LogP contribution in [0.2, 0.25) is 5.02 Å². The minimum atomic E-state index is 0.688. The van der Waals surface area contributed by atoms with E-state index in [0.717, 1.165) is 23.0 Å². The zero-order chi connectivity index (χ0) is 12.5. The number of H-pyrrole nitrogens is 1. The maximum atomic E-state index is 6.21. The molecule has 2 heterocycles. The van der Waals surface area contributed by atoms with Gasteiger partial charge in [-0.25, -0.2) is 9.97 Å². The fourth-order valence-corrected chi connectivity index (χ4v) is 2.11. The fourth-order valence-electron chi connectivity index (χ4n) is 1.88. The fraction of sp³-hybridized carbons (Fsp3) is 0.0769. The van der Waals surface area contributed by atoms with E-state index in [0.29, 0.717) is 5.02 Å². The molecule has 0 unspecified atom stereocenters. The highest BCUT2D eigenvalue weighted by atomic mass is 35.5. The molecule has 4 nitrogen and oxygen atoms in total. The predicted octanol–water partition coefficient (Wildman–Crippen LogP) is 3.22. The molecule has 0 aliphatic rings. The van der Waals surface area contributed by atoms with Crippen molar-refractivity contribution < 1.29 is 0 Å². The van der Waals surface area contributed by atoms with Crippen LogP contribution in [0.3, 0.4) is 0 Å². The minimum absolute atomic E-state index is 0.688. The lowest BCUT2D eigenvalue weighted by molar-refractivity contribution is 1.05. The van der Waals surface area contributed by atoms with Crippen molar-refractivity contribution in [2.75, 3.05) is 0 Å². The van der Waals surface area contributed by atoms with Crippen LogP contribution in [-0.2, 0) is 0 Å². The molecule has 0 radical (unpaired) electrons. The molecule has 5 heteroatoms. The molecular formula is C13H11ClN4. The molecule has 1 aromatic carbocycles. The van der Waals surface area contributed by atoms with E-state index in [1.165, 1.54) is 0 Å². The quantitative estimate of drug-likeness (QED) is 0.767. The number of aromatic amines is 1. The van der Waals surface area contributed by atoms with Crippen LogP contribution in [0.1, 0.15) is 5.82 Å². The number of hydrogen-bond donors (Lipinski definition) is 1. The highest BCUT2D eigenvalue weighted by molar-refractivity contribution is 6.32. The lowest BCUT2D eigenvalue weighted by atomic mass is 10.3. The van der Waals surface area contributed by atoms with Crippen molar-refractivity contribution in [1.29, 1.82) is 0 Å². The number of hydrogen-bond acceptors (Lipinski definition) is 2. The summed E-state index contributed by atoms with van der Waals surface area (Å²) < 4.78 is 1.94. The molecule has 2 aromatic heterocycles. The van der Waals surface area contributed by atoms with Gasteiger partial charge in [0.05, 0.1) is 16.9 Å². The van der Waals surface area contributed by atoms with Gasteiger partial charge in [-0.2, -0.15) is 0 Å². The third-order valence-corrected chi connectivity index (χ3v) is 3.02. The number of rotatable bonds is 2. The zero-order valence-electron chi connectivity index (χ0n) is 9.76. The van der Waals surface area contributed by atoms with Crippen LogP contribution in [0.15, 0.2) is 42.9 Å². The number of imidazole rings is 2. The Morgan fingerprint density at radius 2 is 2.06 bits per heavy atom. The second kappa shape index (κ2) is 4.31. The molecule has 0 bridgehead atoms. The van der Waals surface area contributed by atoms with Gasteiger partial charge in [-0.1, -0.05) is 23.7 Å². The smallest absolute Gasteiger partial charge is 0.162 e. The van der Waals surface area contributed by atoms with Gasteiger partial charge in [0.15, 0.2) is 5.82 Å². The van der Waals surface area contributed by atoms with E-state index in [1.54, 1.807) is 12.4 Å². The summed E-state index contributed by atoms with van der Waals surface area (Å²) in [5.41, 5.74) is 1.77. The van der Waals surface area contributed by atoms with Gasteiger partial charge in [0, 0.05) is 12.4 Å². The Bertz CT molecular complexity index is 684. The molecule has 0 fully saturated rings. The number of aromatic nitrogens is 4. The van der Waals surface area contributed by atoms with Gasteiger partial charge in [-0.3, -0.25) is 4.57 Å². The molecule has 3 rings (SSSR count). The van der Waals surface area contributed by atoms with Crippen molar-refractivity contribution in [2.24, 2.45) is 0 Å². The largest absolute Gasteiger partial charge is 0.340 e. The number of aryl methyl sites for hydroxylation is 1. The standard InChI is InChI=1S/C13H11ClN4/c1-9-16-8-11(17-9)13-15-6-7-18(13)12-5-3-2-4-10(12)14/h2-8H,1H3,(H,16,17). The Balaban J connectivity index is 2.15. The topological polar surface area (TPSA) is 46.5 Å². The molecule has 1 N–H and O–H groups in total. The summed E-state index contributed by atoms with van der Waals surface area (Å²) in [6.45, 7) is 1.91. The highest BCUT2D eigenvalue weighted by Gasteiger charge is 2.11. The monoisotopic (exact) mass is 258 g/mol. The summed E-state index contributed by atoms with van der Waals surface area (Å²) in [6, 6.07) is 7.67. The third kappa shape index (κ3) is 1.80. The van der Waals surface area contributed by atoms with Crippen molar-refractivity contribution in [2.45, 2.75) is 6.92 Å². The van der Waals surface area contributed by atoms with Crippen molar-refractivity contribution in [3.8, 4) is 17.2 Å². The van der Waals surface area contributed by atoms with Gasteiger partial charge >= 0.3 is 0 Å². The zero-order valence-corrected chi connectivity index (χ0v) is 10.5. The Hall–Kier alpha value is -2.07. The summed E-state index contributed by atoms with van der Waals surface area (Å²) in [5.74, 6) is 1.66. The number of nitrogens with zero attached hydrogens (tertiary/aromatic N) is 3. The highest BCUT2D eigenvalue weighted by Crippen LogP contribution is 2.25. The average Bonchev–Trinajstić information content (AvgIpc) is 2.98. The van der Waals surface area contributed by atoms with E-state index in [4.69, 9.17) is 11.6 Å². The maximum Gasteiger partial charge on any atom is 0.162 e. The number of benzene rings is 1. The van der Waals surface area contributed by atoms with Crippen LogP contribution in [-0.4, -0.2) is 19.5 Å². The summed E-state index contributed by atoms with van der Waals surface area (Å²) >= 11 is 6.21. The van der Waals surface area contributed by atoms with Crippen molar-refractivity contribution in [3.63, 3.8) is 0 Å². The van der Waals surface area contributed by atoms with E-state index in [1.807, 2.05) is 42.0 Å². The normalized spacial score (nSPS) is 10.8. The molecule has 18 heavy (non-hydrogen) atoms. The number of nitrogens with one attached hydrogen (secondary N) is 1. The molecule has 0 atom stereocenters. The van der Waals surface area contributed by atoms with Crippen LogP contribution in [0.25, 0.3) is 17.2 Å². The third-order valence-electron chi connectivity index (χ3n) is 2.70. The molecule has 3 aromatic rings. The predicted molar refractivity (Wildman–Crippen MR) is 70.9 cm³/mol. The Kier molecular flexibility index (Phi) is 2.64. The molecule has 0 aliphatic carbocycles. The molecular weight excluding hydrogens is 248 g/mol. The molecule has 0 aliphatic heterocycles. The molecule has 0 amide bonds. The lowest BCUT2D eigenvalue weighted by Crippen LogP contribution is -1.97. The first kappa shape index (κ1) is 11.0. The molecule has 0 spiro atoms. The Morgan fingerprint density at radius 1 is 1.22 bits per heavy atom. The first-order valence-electron chi connectivity index (χ1n) is 5.56. The first-order chi connectivity index (χ1) is 8.75. The lowest BCUT2D eigenvalue weighted by Gasteiger charge is -2.08. The van der Waals surface area contributed by atoms with Gasteiger partial charge in [-0.15, -0.1) is 0 Å². The first-order valence-corrected chi connectivity index (χ1v) is 5.94. The maximum absolute atomic E-state index is 6.21. The van der Waals surface area contributed by atoms with Crippen LogP contribution >= 0.6 is 11.6 Å². The van der Waals surface area contributed by atoms with Gasteiger partial charge in [-0.05, 0) is 19.1 Å². The molecule has 0 saturated heterocycles. The summed E-state index contributed by atoms with van der Waals surface area (Å²) in [5, 5.41) is 0.688. The van der Waals surface area contributed by atoms with Crippen LogP contribution in [0.5, 0.6) is 0 Å². The van der Waals surface area contributed by atoms with Gasteiger partial charge in [0.2, 0.25) is 0 Å². The minimum Gasteiger partial charge on any atom is -0.340 e. The second-order valence-corrected chi connectivity index (χ2v) is 4.36. The average molecular weight is 259 g/mol. The van der Waals surface area contributed by atoms with Crippen molar-refractivity contribution in [1.82, 2.24) is 19.5 Å². The number of para-hydroxylation sites is 1. The van der Waals surface area contributed by atoms with Crippen molar-refractivity contribution >= 4 is 11.6 Å². The molecule has 90 valence electrons.